The van der Waals surface area contributed by atoms with Crippen molar-refractivity contribution in [2.75, 3.05) is 18.4 Å². The zero-order chi connectivity index (χ0) is 13.0. The normalized spacial score (nSPS) is 14.3. The molecule has 0 saturated heterocycles. The van der Waals surface area contributed by atoms with Crippen LogP contribution in [0.4, 0.5) is 5.69 Å². The summed E-state index contributed by atoms with van der Waals surface area (Å²) in [6, 6.07) is 4.18. The Labute approximate surface area is 108 Å². The maximum atomic E-state index is 12.3. The number of aromatic nitrogens is 1. The van der Waals surface area contributed by atoms with Crippen molar-refractivity contribution in [2.45, 2.75) is 39.2 Å². The molecule has 18 heavy (non-hydrogen) atoms. The number of pyridine rings is 1. The molecule has 1 aromatic rings. The first kappa shape index (κ1) is 12.9. The van der Waals surface area contributed by atoms with Gasteiger partial charge in [-0.2, -0.15) is 0 Å². The van der Waals surface area contributed by atoms with E-state index in [1.54, 1.807) is 6.20 Å². The van der Waals surface area contributed by atoms with Crippen LogP contribution in [0.25, 0.3) is 0 Å². The fourth-order valence-electron chi connectivity index (χ4n) is 2.05. The molecule has 1 aromatic heterocycles. The highest BCUT2D eigenvalue weighted by atomic mass is 16.2. The van der Waals surface area contributed by atoms with E-state index in [1.807, 2.05) is 24.0 Å². The fourth-order valence-corrected chi connectivity index (χ4v) is 2.05. The molecule has 0 aliphatic heterocycles. The largest absolute Gasteiger partial charge is 0.384 e. The lowest BCUT2D eigenvalue weighted by Gasteiger charge is -2.21. The number of amides is 1. The molecule has 0 atom stereocenters. The minimum Gasteiger partial charge on any atom is -0.384 e. The van der Waals surface area contributed by atoms with Crippen LogP contribution < -0.4 is 5.32 Å². The monoisotopic (exact) mass is 247 g/mol. The lowest BCUT2D eigenvalue weighted by Crippen LogP contribution is -2.34. The lowest BCUT2D eigenvalue weighted by atomic mass is 10.2. The van der Waals surface area contributed by atoms with Crippen molar-refractivity contribution >= 4 is 11.6 Å². The topological polar surface area (TPSA) is 45.2 Å². The number of anilines is 1. The molecule has 0 unspecified atom stereocenters. The Bertz CT molecular complexity index is 398. The molecule has 1 N–H and O–H groups in total. The van der Waals surface area contributed by atoms with Gasteiger partial charge in [0.05, 0.1) is 11.9 Å². The molecule has 1 aliphatic rings. The Hall–Kier alpha value is -1.58. The number of rotatable bonds is 6. The minimum absolute atomic E-state index is 0.0717. The maximum absolute atomic E-state index is 12.3. The number of hydrogen-bond acceptors (Lipinski definition) is 3. The van der Waals surface area contributed by atoms with Gasteiger partial charge in [-0.25, -0.2) is 4.98 Å². The third kappa shape index (κ3) is 3.00. The van der Waals surface area contributed by atoms with Crippen LogP contribution in [0.1, 0.15) is 43.6 Å². The highest BCUT2D eigenvalue weighted by molar-refractivity contribution is 5.92. The Morgan fingerprint density at radius 1 is 1.44 bits per heavy atom. The number of carbonyl (C=O) groups excluding carboxylic acids is 1. The van der Waals surface area contributed by atoms with Gasteiger partial charge < -0.3 is 10.2 Å². The van der Waals surface area contributed by atoms with Crippen LogP contribution in [0.2, 0.25) is 0 Å². The van der Waals surface area contributed by atoms with E-state index >= 15 is 0 Å². The van der Waals surface area contributed by atoms with E-state index in [0.29, 0.717) is 11.7 Å². The second-order valence-corrected chi connectivity index (χ2v) is 4.69. The first-order chi connectivity index (χ1) is 8.76. The Kier molecular flexibility index (Phi) is 4.18. The standard InChI is InChI=1S/C14H21N3O/c1-3-9-17(12-6-7-12)14(18)13-8-5-11(10-16-13)15-4-2/h5,8,10,12,15H,3-4,6-7,9H2,1-2H3. The van der Waals surface area contributed by atoms with Crippen LogP contribution in [-0.4, -0.2) is 34.9 Å². The van der Waals surface area contributed by atoms with E-state index < -0.39 is 0 Å². The highest BCUT2D eigenvalue weighted by Crippen LogP contribution is 2.28. The molecule has 1 aliphatic carbocycles. The third-order valence-corrected chi connectivity index (χ3v) is 3.08. The van der Waals surface area contributed by atoms with Gasteiger partial charge in [0.25, 0.3) is 5.91 Å². The molecular weight excluding hydrogens is 226 g/mol. The van der Waals surface area contributed by atoms with Gasteiger partial charge in [-0.3, -0.25) is 4.79 Å². The molecule has 0 radical (unpaired) electrons. The van der Waals surface area contributed by atoms with Crippen molar-refractivity contribution in [2.24, 2.45) is 0 Å². The van der Waals surface area contributed by atoms with E-state index in [4.69, 9.17) is 0 Å². The van der Waals surface area contributed by atoms with Crippen LogP contribution >= 0.6 is 0 Å². The number of nitrogens with zero attached hydrogens (tertiary/aromatic N) is 2. The summed E-state index contributed by atoms with van der Waals surface area (Å²) in [5.41, 5.74) is 1.51. The van der Waals surface area contributed by atoms with Gasteiger partial charge in [0.1, 0.15) is 5.69 Å². The van der Waals surface area contributed by atoms with Crippen LogP contribution in [0.15, 0.2) is 18.3 Å². The van der Waals surface area contributed by atoms with Gasteiger partial charge in [0, 0.05) is 19.1 Å². The van der Waals surface area contributed by atoms with Crippen LogP contribution in [0.3, 0.4) is 0 Å². The van der Waals surface area contributed by atoms with Gasteiger partial charge in [-0.15, -0.1) is 0 Å². The molecule has 1 saturated carbocycles. The van der Waals surface area contributed by atoms with E-state index in [-0.39, 0.29) is 5.91 Å². The minimum atomic E-state index is 0.0717. The summed E-state index contributed by atoms with van der Waals surface area (Å²) in [5.74, 6) is 0.0717. The first-order valence-corrected chi connectivity index (χ1v) is 6.77. The fraction of sp³-hybridized carbons (Fsp3) is 0.571. The van der Waals surface area contributed by atoms with Gasteiger partial charge in [0.2, 0.25) is 0 Å². The van der Waals surface area contributed by atoms with Gasteiger partial charge >= 0.3 is 0 Å². The highest BCUT2D eigenvalue weighted by Gasteiger charge is 2.32. The molecule has 2 rings (SSSR count). The third-order valence-electron chi connectivity index (χ3n) is 3.08. The Morgan fingerprint density at radius 3 is 2.72 bits per heavy atom. The molecule has 4 nitrogen and oxygen atoms in total. The summed E-state index contributed by atoms with van der Waals surface area (Å²) >= 11 is 0. The molecule has 1 amide bonds. The molecular formula is C14H21N3O. The van der Waals surface area contributed by atoms with Crippen molar-refractivity contribution in [3.05, 3.63) is 24.0 Å². The Morgan fingerprint density at radius 2 is 2.22 bits per heavy atom. The van der Waals surface area contributed by atoms with Gasteiger partial charge in [0.15, 0.2) is 0 Å². The van der Waals surface area contributed by atoms with Crippen molar-refractivity contribution in [3.8, 4) is 0 Å². The summed E-state index contributed by atoms with van der Waals surface area (Å²) in [6.45, 7) is 5.83. The molecule has 0 aromatic carbocycles. The first-order valence-electron chi connectivity index (χ1n) is 6.77. The summed E-state index contributed by atoms with van der Waals surface area (Å²) in [6.07, 6.45) is 5.01. The smallest absolute Gasteiger partial charge is 0.272 e. The predicted molar refractivity (Wildman–Crippen MR) is 72.8 cm³/mol. The van der Waals surface area contributed by atoms with Crippen molar-refractivity contribution < 1.29 is 4.79 Å². The number of nitrogens with one attached hydrogen (secondary N) is 1. The predicted octanol–water partition coefficient (Wildman–Crippen LogP) is 2.53. The molecule has 98 valence electrons. The average Bonchev–Trinajstić information content (AvgIpc) is 3.21. The average molecular weight is 247 g/mol. The molecule has 0 bridgehead atoms. The van der Waals surface area contributed by atoms with Crippen LogP contribution in [0.5, 0.6) is 0 Å². The second kappa shape index (κ2) is 5.85. The van der Waals surface area contributed by atoms with E-state index in [1.165, 1.54) is 0 Å². The lowest BCUT2D eigenvalue weighted by molar-refractivity contribution is 0.0737. The molecule has 1 fully saturated rings. The van der Waals surface area contributed by atoms with Crippen LogP contribution in [0, 0.1) is 0 Å². The Balaban J connectivity index is 2.06. The van der Waals surface area contributed by atoms with Crippen molar-refractivity contribution in [3.63, 3.8) is 0 Å². The van der Waals surface area contributed by atoms with E-state index in [9.17, 15) is 4.79 Å². The zero-order valence-electron chi connectivity index (χ0n) is 11.1. The van der Waals surface area contributed by atoms with Gasteiger partial charge in [-0.05, 0) is 38.3 Å². The number of hydrogen-bond donors (Lipinski definition) is 1. The summed E-state index contributed by atoms with van der Waals surface area (Å²) in [4.78, 5) is 18.6. The zero-order valence-corrected chi connectivity index (χ0v) is 11.1. The summed E-state index contributed by atoms with van der Waals surface area (Å²) in [7, 11) is 0. The summed E-state index contributed by atoms with van der Waals surface area (Å²) < 4.78 is 0. The van der Waals surface area contributed by atoms with Crippen molar-refractivity contribution in [1.82, 2.24) is 9.88 Å². The van der Waals surface area contributed by atoms with E-state index in [2.05, 4.69) is 17.2 Å². The number of carbonyl (C=O) groups is 1. The van der Waals surface area contributed by atoms with Crippen LogP contribution in [-0.2, 0) is 0 Å². The molecule has 0 spiro atoms. The molecule has 1 heterocycles. The quantitative estimate of drug-likeness (QED) is 0.840. The van der Waals surface area contributed by atoms with Gasteiger partial charge in [-0.1, -0.05) is 6.92 Å². The molecule has 4 heteroatoms. The second-order valence-electron chi connectivity index (χ2n) is 4.69. The summed E-state index contributed by atoms with van der Waals surface area (Å²) in [5, 5.41) is 3.18. The maximum Gasteiger partial charge on any atom is 0.272 e. The van der Waals surface area contributed by atoms with E-state index in [0.717, 1.165) is 38.0 Å². The van der Waals surface area contributed by atoms with Crippen molar-refractivity contribution in [1.29, 1.82) is 0 Å². The SMILES string of the molecule is CCCN(C(=O)c1ccc(NCC)cn1)C1CC1.